The molecule has 0 aromatic rings. The quantitative estimate of drug-likeness (QED) is 0.331. The van der Waals surface area contributed by atoms with Gasteiger partial charge in [-0.2, -0.15) is 0 Å². The summed E-state index contributed by atoms with van der Waals surface area (Å²) in [6, 6.07) is 0. The number of aliphatic hydroxyl groups excluding tert-OH is 2. The van der Waals surface area contributed by atoms with Crippen molar-refractivity contribution in [3.63, 3.8) is 0 Å². The SMILES string of the molecule is O=C(CO)NCCOCCNC(=O)CO. The van der Waals surface area contributed by atoms with Gasteiger partial charge in [0.25, 0.3) is 0 Å². The van der Waals surface area contributed by atoms with Gasteiger partial charge in [0.15, 0.2) is 0 Å². The molecular formula is C8H16N2O5. The summed E-state index contributed by atoms with van der Waals surface area (Å²) in [6.07, 6.45) is 0. The lowest BCUT2D eigenvalue weighted by atomic mass is 10.5. The summed E-state index contributed by atoms with van der Waals surface area (Å²) in [5, 5.41) is 21.5. The number of ether oxygens (including phenoxy) is 1. The van der Waals surface area contributed by atoms with Gasteiger partial charge in [-0.15, -0.1) is 0 Å². The van der Waals surface area contributed by atoms with E-state index in [0.717, 1.165) is 0 Å². The third-order valence-corrected chi connectivity index (χ3v) is 1.42. The van der Waals surface area contributed by atoms with Crippen LogP contribution < -0.4 is 10.6 Å². The Balaban J connectivity index is 3.11. The fraction of sp³-hybridized carbons (Fsp3) is 0.750. The van der Waals surface area contributed by atoms with Gasteiger partial charge < -0.3 is 25.6 Å². The number of carbonyl (C=O) groups is 2. The number of amides is 2. The molecule has 4 N–H and O–H groups in total. The summed E-state index contributed by atoms with van der Waals surface area (Å²) in [4.78, 5) is 21.1. The second-order valence-electron chi connectivity index (χ2n) is 2.63. The molecule has 2 amide bonds. The Morgan fingerprint density at radius 2 is 1.33 bits per heavy atom. The van der Waals surface area contributed by atoms with Crippen molar-refractivity contribution in [2.45, 2.75) is 0 Å². The van der Waals surface area contributed by atoms with Crippen LogP contribution in [0, 0.1) is 0 Å². The van der Waals surface area contributed by atoms with Crippen molar-refractivity contribution in [2.75, 3.05) is 39.5 Å². The Hall–Kier alpha value is -1.18. The van der Waals surface area contributed by atoms with E-state index in [4.69, 9.17) is 14.9 Å². The number of hydrogen-bond acceptors (Lipinski definition) is 5. The van der Waals surface area contributed by atoms with Crippen LogP contribution in [0.15, 0.2) is 0 Å². The van der Waals surface area contributed by atoms with Gasteiger partial charge in [0.1, 0.15) is 13.2 Å². The first kappa shape index (κ1) is 13.8. The molecule has 88 valence electrons. The summed E-state index contributed by atoms with van der Waals surface area (Å²) in [6.45, 7) is 0.168. The number of rotatable bonds is 8. The predicted molar refractivity (Wildman–Crippen MR) is 51.0 cm³/mol. The zero-order chi connectivity index (χ0) is 11.5. The zero-order valence-corrected chi connectivity index (χ0v) is 8.36. The molecule has 0 unspecified atom stereocenters. The van der Waals surface area contributed by atoms with Crippen molar-refractivity contribution < 1.29 is 24.5 Å². The van der Waals surface area contributed by atoms with Crippen LogP contribution in [-0.4, -0.2) is 61.5 Å². The number of aliphatic hydroxyl groups is 2. The average molecular weight is 220 g/mol. The van der Waals surface area contributed by atoms with Gasteiger partial charge in [-0.1, -0.05) is 0 Å². The summed E-state index contributed by atoms with van der Waals surface area (Å²) < 4.78 is 5.03. The van der Waals surface area contributed by atoms with E-state index in [9.17, 15) is 9.59 Å². The highest BCUT2D eigenvalue weighted by Crippen LogP contribution is 1.73. The van der Waals surface area contributed by atoms with Gasteiger partial charge in [0.05, 0.1) is 13.2 Å². The van der Waals surface area contributed by atoms with E-state index >= 15 is 0 Å². The average Bonchev–Trinajstić information content (AvgIpc) is 2.26. The minimum atomic E-state index is -0.535. The van der Waals surface area contributed by atoms with Crippen molar-refractivity contribution in [1.82, 2.24) is 10.6 Å². The van der Waals surface area contributed by atoms with Crippen molar-refractivity contribution >= 4 is 11.8 Å². The lowest BCUT2D eigenvalue weighted by Crippen LogP contribution is -2.32. The van der Waals surface area contributed by atoms with Gasteiger partial charge in [0, 0.05) is 13.1 Å². The lowest BCUT2D eigenvalue weighted by molar-refractivity contribution is -0.124. The third-order valence-electron chi connectivity index (χ3n) is 1.42. The summed E-state index contributed by atoms with van der Waals surface area (Å²) in [7, 11) is 0. The summed E-state index contributed by atoms with van der Waals surface area (Å²) >= 11 is 0. The number of carbonyl (C=O) groups excluding carboxylic acids is 2. The van der Waals surface area contributed by atoms with Gasteiger partial charge in [-0.3, -0.25) is 9.59 Å². The topological polar surface area (TPSA) is 108 Å². The summed E-state index contributed by atoms with van der Waals surface area (Å²) in [5.74, 6) is -0.903. The molecule has 0 atom stereocenters. The fourth-order valence-electron chi connectivity index (χ4n) is 0.739. The summed E-state index contributed by atoms with van der Waals surface area (Å²) in [5.41, 5.74) is 0. The van der Waals surface area contributed by atoms with Crippen LogP contribution in [0.25, 0.3) is 0 Å². The van der Waals surface area contributed by atoms with E-state index in [1.807, 2.05) is 0 Å². The maximum Gasteiger partial charge on any atom is 0.245 e. The van der Waals surface area contributed by atoms with E-state index in [-0.39, 0.29) is 0 Å². The molecule has 0 radical (unpaired) electrons. The van der Waals surface area contributed by atoms with E-state index in [1.165, 1.54) is 0 Å². The molecule has 15 heavy (non-hydrogen) atoms. The standard InChI is InChI=1S/C8H16N2O5/c11-5-7(13)9-1-3-15-4-2-10-8(14)6-12/h11-12H,1-6H2,(H,9,13)(H,10,14). The highest BCUT2D eigenvalue weighted by Gasteiger charge is 1.97. The first-order valence-electron chi connectivity index (χ1n) is 4.53. The first-order chi connectivity index (χ1) is 7.20. The van der Waals surface area contributed by atoms with Crippen molar-refractivity contribution in [3.05, 3.63) is 0 Å². The molecule has 0 aromatic carbocycles. The molecule has 0 bridgehead atoms. The molecule has 0 saturated heterocycles. The molecule has 0 spiro atoms. The van der Waals surface area contributed by atoms with E-state index in [0.29, 0.717) is 26.3 Å². The van der Waals surface area contributed by atoms with Crippen LogP contribution in [0.1, 0.15) is 0 Å². The lowest BCUT2D eigenvalue weighted by Gasteiger charge is -2.05. The van der Waals surface area contributed by atoms with E-state index in [2.05, 4.69) is 10.6 Å². The van der Waals surface area contributed by atoms with Crippen LogP contribution in [0.5, 0.6) is 0 Å². The molecule has 0 aliphatic rings. The minimum Gasteiger partial charge on any atom is -0.387 e. The highest BCUT2D eigenvalue weighted by molar-refractivity contribution is 5.77. The van der Waals surface area contributed by atoms with Crippen LogP contribution in [-0.2, 0) is 14.3 Å². The van der Waals surface area contributed by atoms with Gasteiger partial charge in [-0.25, -0.2) is 0 Å². The molecule has 0 aliphatic carbocycles. The first-order valence-corrected chi connectivity index (χ1v) is 4.53. The second kappa shape index (κ2) is 9.38. The molecule has 7 heteroatoms. The maximum atomic E-state index is 10.5. The van der Waals surface area contributed by atoms with E-state index < -0.39 is 25.0 Å². The maximum absolute atomic E-state index is 10.5. The molecule has 0 heterocycles. The van der Waals surface area contributed by atoms with Crippen molar-refractivity contribution in [2.24, 2.45) is 0 Å². The zero-order valence-electron chi connectivity index (χ0n) is 8.36. The monoisotopic (exact) mass is 220 g/mol. The largest absolute Gasteiger partial charge is 0.387 e. The Labute approximate surface area is 87.4 Å². The Morgan fingerprint density at radius 1 is 0.933 bits per heavy atom. The Bertz CT molecular complexity index is 177. The number of nitrogens with one attached hydrogen (secondary N) is 2. The van der Waals surface area contributed by atoms with Crippen molar-refractivity contribution in [1.29, 1.82) is 0 Å². The molecule has 0 rings (SSSR count). The van der Waals surface area contributed by atoms with Crippen molar-refractivity contribution in [3.8, 4) is 0 Å². The molecule has 7 nitrogen and oxygen atoms in total. The molecular weight excluding hydrogens is 204 g/mol. The normalized spacial score (nSPS) is 9.73. The molecule has 0 saturated carbocycles. The van der Waals surface area contributed by atoms with Crippen LogP contribution in [0.3, 0.4) is 0 Å². The van der Waals surface area contributed by atoms with E-state index in [1.54, 1.807) is 0 Å². The Morgan fingerprint density at radius 3 is 1.67 bits per heavy atom. The molecule has 0 fully saturated rings. The third kappa shape index (κ3) is 9.13. The van der Waals surface area contributed by atoms with Gasteiger partial charge in [0.2, 0.25) is 11.8 Å². The smallest absolute Gasteiger partial charge is 0.245 e. The predicted octanol–water partition coefficient (Wildman–Crippen LogP) is -2.78. The van der Waals surface area contributed by atoms with Crippen LogP contribution in [0.2, 0.25) is 0 Å². The van der Waals surface area contributed by atoms with Gasteiger partial charge >= 0.3 is 0 Å². The highest BCUT2D eigenvalue weighted by atomic mass is 16.5. The molecule has 0 aromatic heterocycles. The minimum absolute atomic E-state index is 0.306. The van der Waals surface area contributed by atoms with Crippen LogP contribution >= 0.6 is 0 Å². The Kier molecular flexibility index (Phi) is 8.64. The fourth-order valence-corrected chi connectivity index (χ4v) is 0.739. The second-order valence-corrected chi connectivity index (χ2v) is 2.63. The van der Waals surface area contributed by atoms with Crippen LogP contribution in [0.4, 0.5) is 0 Å². The van der Waals surface area contributed by atoms with Gasteiger partial charge in [-0.05, 0) is 0 Å². The number of hydrogen-bond donors (Lipinski definition) is 4. The molecule has 0 aliphatic heterocycles.